The number of ketones is 1. The zero-order valence-corrected chi connectivity index (χ0v) is 16.3. The number of aliphatic imine (C=N–C) groups is 1. The first-order chi connectivity index (χ1) is 13.0. The third-order valence-electron chi connectivity index (χ3n) is 4.25. The van der Waals surface area contributed by atoms with Crippen molar-refractivity contribution in [2.75, 3.05) is 6.26 Å². The van der Waals surface area contributed by atoms with Gasteiger partial charge in [0.15, 0.2) is 16.8 Å². The predicted molar refractivity (Wildman–Crippen MR) is 110 cm³/mol. The number of carbonyl (C=O) groups excluding carboxylic acids is 1. The highest BCUT2D eigenvalue weighted by atomic mass is 32.2. The van der Waals surface area contributed by atoms with Gasteiger partial charge in [0.2, 0.25) is 5.95 Å². The Bertz CT molecular complexity index is 981. The van der Waals surface area contributed by atoms with Crippen LogP contribution < -0.4 is 5.73 Å². The Morgan fingerprint density at radius 1 is 1.15 bits per heavy atom. The third-order valence-corrected chi connectivity index (χ3v) is 4.76. The number of benzene rings is 2. The quantitative estimate of drug-likeness (QED) is 0.416. The van der Waals surface area contributed by atoms with Gasteiger partial charge in [-0.05, 0) is 17.9 Å². The second-order valence-corrected chi connectivity index (χ2v) is 6.92. The lowest BCUT2D eigenvalue weighted by Crippen LogP contribution is -2.05. The number of thioether (sulfide) groups is 1. The van der Waals surface area contributed by atoms with Gasteiger partial charge < -0.3 is 5.73 Å². The van der Waals surface area contributed by atoms with Gasteiger partial charge in [-0.15, -0.1) is 0 Å². The molecular formula is C20H21N5OS. The molecule has 6 nitrogen and oxygen atoms in total. The summed E-state index contributed by atoms with van der Waals surface area (Å²) in [6.45, 7) is 2.01. The molecule has 0 saturated carbocycles. The van der Waals surface area contributed by atoms with E-state index < -0.39 is 0 Å². The lowest BCUT2D eigenvalue weighted by atomic mass is 9.95. The summed E-state index contributed by atoms with van der Waals surface area (Å²) in [7, 11) is 1.78. The Balaban J connectivity index is 1.89. The molecule has 0 amide bonds. The molecule has 0 saturated heterocycles. The van der Waals surface area contributed by atoms with Crippen LogP contribution in [-0.4, -0.2) is 32.0 Å². The van der Waals surface area contributed by atoms with Crippen molar-refractivity contribution in [3.05, 3.63) is 77.1 Å². The summed E-state index contributed by atoms with van der Waals surface area (Å²) in [5.41, 5.74) is 8.06. The summed E-state index contributed by atoms with van der Waals surface area (Å²) in [6.07, 6.45) is 1.86. The van der Waals surface area contributed by atoms with Crippen molar-refractivity contribution in [1.29, 1.82) is 0 Å². The number of nitrogens with two attached hydrogens (primary N) is 1. The van der Waals surface area contributed by atoms with Crippen molar-refractivity contribution in [1.82, 2.24) is 14.8 Å². The topological polar surface area (TPSA) is 86.2 Å². The molecule has 0 aliphatic carbocycles. The number of amidine groups is 1. The van der Waals surface area contributed by atoms with Crippen LogP contribution in [0.5, 0.6) is 0 Å². The molecule has 1 heterocycles. The SMILES string of the molecule is CSC(N)=Nc1nc(C(C)c2cccc(C(=O)c3ccccc3)c2)nn1C. The van der Waals surface area contributed by atoms with Gasteiger partial charge in [-0.1, -0.05) is 67.2 Å². The fourth-order valence-corrected chi connectivity index (χ4v) is 2.85. The van der Waals surface area contributed by atoms with Crippen LogP contribution in [0.3, 0.4) is 0 Å². The Morgan fingerprint density at radius 3 is 2.56 bits per heavy atom. The second-order valence-electron chi connectivity index (χ2n) is 6.09. The zero-order valence-electron chi connectivity index (χ0n) is 15.5. The van der Waals surface area contributed by atoms with Gasteiger partial charge in [0.05, 0.1) is 0 Å². The van der Waals surface area contributed by atoms with Crippen LogP contribution in [0.25, 0.3) is 0 Å². The highest BCUT2D eigenvalue weighted by Crippen LogP contribution is 2.25. The summed E-state index contributed by atoms with van der Waals surface area (Å²) in [5.74, 6) is 1.01. The highest BCUT2D eigenvalue weighted by Gasteiger charge is 2.18. The molecule has 0 bridgehead atoms. The Hall–Kier alpha value is -2.93. The summed E-state index contributed by atoms with van der Waals surface area (Å²) in [4.78, 5) is 21.4. The molecule has 7 heteroatoms. The van der Waals surface area contributed by atoms with E-state index in [0.29, 0.717) is 28.1 Å². The maximum absolute atomic E-state index is 12.7. The molecule has 1 atom stereocenters. The molecule has 138 valence electrons. The number of rotatable bonds is 5. The van der Waals surface area contributed by atoms with Crippen molar-refractivity contribution in [3.63, 3.8) is 0 Å². The van der Waals surface area contributed by atoms with Gasteiger partial charge in [-0.2, -0.15) is 15.1 Å². The number of aryl methyl sites for hydroxylation is 1. The maximum atomic E-state index is 12.7. The first-order valence-corrected chi connectivity index (χ1v) is 9.71. The molecule has 0 radical (unpaired) electrons. The summed E-state index contributed by atoms with van der Waals surface area (Å²) in [6, 6.07) is 16.8. The molecular weight excluding hydrogens is 358 g/mol. The molecule has 27 heavy (non-hydrogen) atoms. The standard InChI is InChI=1S/C20H21N5OS/c1-13(18-22-20(25(2)24-18)23-19(21)27-3)15-10-7-11-16(12-15)17(26)14-8-5-4-6-9-14/h4-13H,1-3H3,(H2,21,22,23,24). The van der Waals surface area contributed by atoms with Crippen LogP contribution in [0.15, 0.2) is 59.6 Å². The summed E-state index contributed by atoms with van der Waals surface area (Å²) < 4.78 is 1.61. The summed E-state index contributed by atoms with van der Waals surface area (Å²) >= 11 is 1.35. The minimum atomic E-state index is -0.0841. The van der Waals surface area contributed by atoms with Crippen molar-refractivity contribution in [2.45, 2.75) is 12.8 Å². The van der Waals surface area contributed by atoms with E-state index in [4.69, 9.17) is 5.73 Å². The predicted octanol–water partition coefficient (Wildman–Crippen LogP) is 3.51. The molecule has 1 aromatic heterocycles. The van der Waals surface area contributed by atoms with Crippen LogP contribution in [0.2, 0.25) is 0 Å². The Morgan fingerprint density at radius 2 is 1.85 bits per heavy atom. The van der Waals surface area contributed by atoms with E-state index in [1.807, 2.05) is 67.8 Å². The molecule has 0 spiro atoms. The average molecular weight is 379 g/mol. The van der Waals surface area contributed by atoms with Gasteiger partial charge in [-0.25, -0.2) is 4.68 Å². The maximum Gasteiger partial charge on any atom is 0.250 e. The molecule has 1 unspecified atom stereocenters. The molecule has 2 N–H and O–H groups in total. The van der Waals surface area contributed by atoms with Gasteiger partial charge in [0.25, 0.3) is 0 Å². The van der Waals surface area contributed by atoms with Crippen LogP contribution in [0.1, 0.15) is 40.2 Å². The molecule has 0 aliphatic heterocycles. The van der Waals surface area contributed by atoms with E-state index in [2.05, 4.69) is 15.1 Å². The third kappa shape index (κ3) is 4.25. The largest absolute Gasteiger partial charge is 0.378 e. The molecule has 3 aromatic rings. The molecule has 3 rings (SSSR count). The first-order valence-electron chi connectivity index (χ1n) is 8.48. The fraction of sp³-hybridized carbons (Fsp3) is 0.200. The van der Waals surface area contributed by atoms with E-state index >= 15 is 0 Å². The summed E-state index contributed by atoms with van der Waals surface area (Å²) in [5, 5.41) is 4.89. The lowest BCUT2D eigenvalue weighted by Gasteiger charge is -2.09. The van der Waals surface area contributed by atoms with E-state index in [1.165, 1.54) is 11.8 Å². The van der Waals surface area contributed by atoms with Gasteiger partial charge in [-0.3, -0.25) is 4.79 Å². The van der Waals surface area contributed by atoms with Crippen molar-refractivity contribution in [3.8, 4) is 0 Å². The van der Waals surface area contributed by atoms with Crippen molar-refractivity contribution < 1.29 is 4.79 Å². The number of hydrogen-bond donors (Lipinski definition) is 1. The highest BCUT2D eigenvalue weighted by molar-refractivity contribution is 8.13. The molecule has 0 aliphatic rings. The van der Waals surface area contributed by atoms with Crippen LogP contribution in [0, 0.1) is 0 Å². The van der Waals surface area contributed by atoms with Crippen LogP contribution in [0.4, 0.5) is 5.95 Å². The zero-order chi connectivity index (χ0) is 19.4. The normalized spacial score (nSPS) is 12.8. The first kappa shape index (κ1) is 18.8. The van der Waals surface area contributed by atoms with Crippen LogP contribution in [-0.2, 0) is 7.05 Å². The van der Waals surface area contributed by atoms with Gasteiger partial charge in [0.1, 0.15) is 0 Å². The minimum absolute atomic E-state index is 0.00309. The van der Waals surface area contributed by atoms with E-state index in [1.54, 1.807) is 11.7 Å². The van der Waals surface area contributed by atoms with Gasteiger partial charge >= 0.3 is 0 Å². The van der Waals surface area contributed by atoms with E-state index in [0.717, 1.165) is 5.56 Å². The molecule has 0 fully saturated rings. The Kier molecular flexibility index (Phi) is 5.71. The lowest BCUT2D eigenvalue weighted by molar-refractivity contribution is 0.103. The number of hydrogen-bond acceptors (Lipinski definition) is 5. The number of nitrogens with zero attached hydrogens (tertiary/aromatic N) is 4. The average Bonchev–Trinajstić information content (AvgIpc) is 3.07. The second kappa shape index (κ2) is 8.18. The van der Waals surface area contributed by atoms with Crippen molar-refractivity contribution in [2.24, 2.45) is 17.8 Å². The van der Waals surface area contributed by atoms with Gasteiger partial charge in [0, 0.05) is 24.1 Å². The fourth-order valence-electron chi connectivity index (χ4n) is 2.68. The van der Waals surface area contributed by atoms with E-state index in [-0.39, 0.29) is 11.7 Å². The van der Waals surface area contributed by atoms with E-state index in [9.17, 15) is 4.79 Å². The Labute approximate surface area is 162 Å². The minimum Gasteiger partial charge on any atom is -0.378 e. The smallest absolute Gasteiger partial charge is 0.250 e. The van der Waals surface area contributed by atoms with Crippen LogP contribution >= 0.6 is 11.8 Å². The van der Waals surface area contributed by atoms with Crippen molar-refractivity contribution >= 4 is 28.7 Å². The molecule has 2 aromatic carbocycles. The number of aromatic nitrogens is 3. The monoisotopic (exact) mass is 379 g/mol. The number of carbonyl (C=O) groups is 1.